The molecule has 0 radical (unpaired) electrons. The number of rotatable bonds is 5. The number of carboxylic acid groups (broad SMARTS) is 1. The normalized spacial score (nSPS) is 12.1. The summed E-state index contributed by atoms with van der Waals surface area (Å²) < 4.78 is 0.404. The van der Waals surface area contributed by atoms with Crippen molar-refractivity contribution in [2.45, 2.75) is 33.2 Å². The molecule has 0 bridgehead atoms. The van der Waals surface area contributed by atoms with Crippen LogP contribution in [0.3, 0.4) is 0 Å². The van der Waals surface area contributed by atoms with Gasteiger partial charge in [0.25, 0.3) is 0 Å². The van der Waals surface area contributed by atoms with Crippen molar-refractivity contribution in [3.05, 3.63) is 27.0 Å². The van der Waals surface area contributed by atoms with Crippen LogP contribution in [0.1, 0.15) is 27.7 Å². The number of nitrogens with one attached hydrogen (secondary N) is 1. The smallest absolute Gasteiger partial charge is 0.311 e. The van der Waals surface area contributed by atoms with Gasteiger partial charge < -0.3 is 10.4 Å². The molecule has 8 heteroatoms. The maximum atomic E-state index is 11.4. The van der Waals surface area contributed by atoms with E-state index in [1.54, 1.807) is 27.7 Å². The summed E-state index contributed by atoms with van der Waals surface area (Å²) >= 11 is 3.20. The second-order valence-electron chi connectivity index (χ2n) is 5.45. The number of aliphatic carboxylic acids is 1. The molecule has 0 amide bonds. The molecular formula is C12H16BrN3O4. The Morgan fingerprint density at radius 2 is 1.95 bits per heavy atom. The molecule has 0 fully saturated rings. The first-order chi connectivity index (χ1) is 9.00. The molecule has 1 aromatic heterocycles. The third-order valence-corrected chi connectivity index (χ3v) is 4.21. The zero-order chi connectivity index (χ0) is 15.7. The summed E-state index contributed by atoms with van der Waals surface area (Å²) in [6, 6.07) is 0. The van der Waals surface area contributed by atoms with Crippen LogP contribution in [-0.2, 0) is 4.79 Å². The van der Waals surface area contributed by atoms with Gasteiger partial charge in [0.05, 0.1) is 14.8 Å². The molecule has 0 aromatic carbocycles. The lowest BCUT2D eigenvalue weighted by Gasteiger charge is -2.39. The van der Waals surface area contributed by atoms with Gasteiger partial charge in [-0.25, -0.2) is 0 Å². The summed E-state index contributed by atoms with van der Waals surface area (Å²) in [4.78, 5) is 25.6. The number of carboxylic acids is 1. The molecule has 0 aliphatic rings. The van der Waals surface area contributed by atoms with Crippen molar-refractivity contribution in [1.29, 1.82) is 0 Å². The Labute approximate surface area is 124 Å². The highest BCUT2D eigenvalue weighted by atomic mass is 79.9. The quantitative estimate of drug-likeness (QED) is 0.627. The maximum Gasteiger partial charge on any atom is 0.311 e. The molecule has 7 nitrogen and oxygen atoms in total. The predicted octanol–water partition coefficient (Wildman–Crippen LogP) is 3.05. The van der Waals surface area contributed by atoms with Gasteiger partial charge in [0, 0.05) is 11.7 Å². The fourth-order valence-electron chi connectivity index (χ4n) is 1.42. The molecule has 0 aliphatic carbocycles. The van der Waals surface area contributed by atoms with E-state index in [-0.39, 0.29) is 11.4 Å². The standard InChI is InChI=1S/C12H16BrN3O4/c1-11(2,10(17)18)12(3,4)15-9-7(13)5-14-6-8(9)16(19)20/h5-6H,1-4H3,(H,14,15)(H,17,18). The zero-order valence-electron chi connectivity index (χ0n) is 11.6. The number of nitro groups is 1. The van der Waals surface area contributed by atoms with Crippen LogP contribution in [0.4, 0.5) is 11.4 Å². The van der Waals surface area contributed by atoms with Gasteiger partial charge in [-0.15, -0.1) is 0 Å². The van der Waals surface area contributed by atoms with Crippen molar-refractivity contribution in [1.82, 2.24) is 4.98 Å². The number of aromatic nitrogens is 1. The molecule has 0 unspecified atom stereocenters. The Morgan fingerprint density at radius 1 is 1.40 bits per heavy atom. The fourth-order valence-corrected chi connectivity index (χ4v) is 1.84. The molecular weight excluding hydrogens is 330 g/mol. The SMILES string of the molecule is CC(C)(Nc1c(Br)cncc1[N+](=O)[O-])C(C)(C)C(=O)O. The van der Waals surface area contributed by atoms with Crippen LogP contribution in [0, 0.1) is 15.5 Å². The van der Waals surface area contributed by atoms with E-state index in [4.69, 9.17) is 0 Å². The number of nitrogens with zero attached hydrogens (tertiary/aromatic N) is 2. The monoisotopic (exact) mass is 345 g/mol. The van der Waals surface area contributed by atoms with E-state index < -0.39 is 21.8 Å². The Hall–Kier alpha value is -1.70. The summed E-state index contributed by atoms with van der Waals surface area (Å²) in [6.07, 6.45) is 2.54. The third-order valence-electron chi connectivity index (χ3n) is 3.61. The van der Waals surface area contributed by atoms with Crippen molar-refractivity contribution in [3.63, 3.8) is 0 Å². The lowest BCUT2D eigenvalue weighted by Crippen LogP contribution is -2.50. The van der Waals surface area contributed by atoms with Crippen LogP contribution in [0.5, 0.6) is 0 Å². The molecule has 0 saturated carbocycles. The van der Waals surface area contributed by atoms with Gasteiger partial charge in [0.1, 0.15) is 11.9 Å². The summed E-state index contributed by atoms with van der Waals surface area (Å²) in [5.74, 6) is -0.997. The number of anilines is 1. The van der Waals surface area contributed by atoms with Crippen LogP contribution in [0.15, 0.2) is 16.9 Å². The molecule has 2 N–H and O–H groups in total. The van der Waals surface area contributed by atoms with Gasteiger partial charge in [0.2, 0.25) is 0 Å². The van der Waals surface area contributed by atoms with Crippen molar-refractivity contribution >= 4 is 33.3 Å². The number of halogens is 1. The van der Waals surface area contributed by atoms with Crippen LogP contribution in [0.25, 0.3) is 0 Å². The van der Waals surface area contributed by atoms with Crippen LogP contribution >= 0.6 is 15.9 Å². The van der Waals surface area contributed by atoms with Crippen LogP contribution in [0.2, 0.25) is 0 Å². The number of carbonyl (C=O) groups is 1. The third kappa shape index (κ3) is 2.90. The topological polar surface area (TPSA) is 105 Å². The summed E-state index contributed by atoms with van der Waals surface area (Å²) in [5.41, 5.74) is -2.06. The Morgan fingerprint density at radius 3 is 2.40 bits per heavy atom. The van der Waals surface area contributed by atoms with Crippen LogP contribution in [-0.4, -0.2) is 26.5 Å². The second-order valence-corrected chi connectivity index (χ2v) is 6.31. The summed E-state index contributed by atoms with van der Waals surface area (Å²) in [6.45, 7) is 6.47. The minimum Gasteiger partial charge on any atom is -0.481 e. The lowest BCUT2D eigenvalue weighted by atomic mass is 9.74. The minimum absolute atomic E-state index is 0.212. The van der Waals surface area contributed by atoms with Gasteiger partial charge in [-0.1, -0.05) is 0 Å². The first kappa shape index (κ1) is 16.4. The van der Waals surface area contributed by atoms with E-state index in [0.29, 0.717) is 4.47 Å². The molecule has 1 aromatic rings. The van der Waals surface area contributed by atoms with Gasteiger partial charge >= 0.3 is 11.7 Å². The van der Waals surface area contributed by atoms with Gasteiger partial charge in [0.15, 0.2) is 0 Å². The van der Waals surface area contributed by atoms with Gasteiger partial charge in [-0.3, -0.25) is 19.9 Å². The Kier molecular flexibility index (Phi) is 4.38. The second kappa shape index (κ2) is 5.35. The van der Waals surface area contributed by atoms with Crippen molar-refractivity contribution in [2.75, 3.05) is 5.32 Å². The zero-order valence-corrected chi connectivity index (χ0v) is 13.2. The molecule has 0 spiro atoms. The molecule has 20 heavy (non-hydrogen) atoms. The minimum atomic E-state index is -1.14. The number of pyridine rings is 1. The van der Waals surface area contributed by atoms with Gasteiger partial charge in [-0.2, -0.15) is 0 Å². The number of hydrogen-bond acceptors (Lipinski definition) is 5. The average molecular weight is 346 g/mol. The highest BCUT2D eigenvalue weighted by molar-refractivity contribution is 9.10. The molecule has 0 aliphatic heterocycles. The van der Waals surface area contributed by atoms with Crippen LogP contribution < -0.4 is 5.32 Å². The molecule has 0 saturated heterocycles. The van der Waals surface area contributed by atoms with E-state index >= 15 is 0 Å². The molecule has 110 valence electrons. The van der Waals surface area contributed by atoms with E-state index in [0.717, 1.165) is 6.20 Å². The lowest BCUT2D eigenvalue weighted by molar-refractivity contribution is -0.384. The number of hydrogen-bond donors (Lipinski definition) is 2. The van der Waals surface area contributed by atoms with Gasteiger partial charge in [-0.05, 0) is 43.6 Å². The van der Waals surface area contributed by atoms with Crippen molar-refractivity contribution in [2.24, 2.45) is 5.41 Å². The summed E-state index contributed by atoms with van der Waals surface area (Å²) in [5, 5.41) is 23.3. The maximum absolute atomic E-state index is 11.4. The van der Waals surface area contributed by atoms with Crippen molar-refractivity contribution < 1.29 is 14.8 Å². The van der Waals surface area contributed by atoms with Crippen molar-refractivity contribution in [3.8, 4) is 0 Å². The molecule has 1 rings (SSSR count). The predicted molar refractivity (Wildman–Crippen MR) is 77.7 cm³/mol. The molecule has 0 atom stereocenters. The van der Waals surface area contributed by atoms with E-state index in [1.165, 1.54) is 6.20 Å². The van der Waals surface area contributed by atoms with E-state index in [2.05, 4.69) is 26.2 Å². The fraction of sp³-hybridized carbons (Fsp3) is 0.500. The highest BCUT2D eigenvalue weighted by Gasteiger charge is 2.44. The first-order valence-corrected chi connectivity index (χ1v) is 6.59. The molecule has 1 heterocycles. The Balaban J connectivity index is 3.29. The summed E-state index contributed by atoms with van der Waals surface area (Å²) in [7, 11) is 0. The Bertz CT molecular complexity index is 558. The highest BCUT2D eigenvalue weighted by Crippen LogP contribution is 2.39. The average Bonchev–Trinajstić information content (AvgIpc) is 2.30. The van der Waals surface area contributed by atoms with E-state index in [9.17, 15) is 20.0 Å². The first-order valence-electron chi connectivity index (χ1n) is 5.80. The van der Waals surface area contributed by atoms with E-state index in [1.807, 2.05) is 0 Å². The largest absolute Gasteiger partial charge is 0.481 e.